The number of thioether (sulfide) groups is 1. The molecule has 2 heterocycles. The van der Waals surface area contributed by atoms with Crippen LogP contribution in [0.2, 0.25) is 0 Å². The quantitative estimate of drug-likeness (QED) is 0.128. The van der Waals surface area contributed by atoms with E-state index in [1.54, 1.807) is 35.8 Å². The van der Waals surface area contributed by atoms with Gasteiger partial charge in [-0.1, -0.05) is 30.3 Å². The minimum atomic E-state index is -0.354. The molecule has 0 atom stereocenters. The fraction of sp³-hybridized carbons (Fsp3) is 0.222. The molecule has 0 fully saturated rings. The van der Waals surface area contributed by atoms with E-state index >= 15 is 0 Å². The van der Waals surface area contributed by atoms with Gasteiger partial charge in [0, 0.05) is 35.9 Å². The maximum atomic E-state index is 13.5. The number of nitrogen functional groups attached to an aromatic ring is 1. The number of halogens is 1. The van der Waals surface area contributed by atoms with Gasteiger partial charge in [0.25, 0.3) is 5.91 Å². The Bertz CT molecular complexity index is 1430. The van der Waals surface area contributed by atoms with Crippen molar-refractivity contribution in [3.05, 3.63) is 83.8 Å². The number of pyridine rings is 1. The summed E-state index contributed by atoms with van der Waals surface area (Å²) in [6, 6.07) is 18.4. The summed E-state index contributed by atoms with van der Waals surface area (Å²) in [4.78, 5) is 37.3. The molecule has 4 aromatic rings. The van der Waals surface area contributed by atoms with Gasteiger partial charge >= 0.3 is 5.97 Å². The lowest BCUT2D eigenvalue weighted by Crippen LogP contribution is -2.33. The zero-order chi connectivity index (χ0) is 26.4. The summed E-state index contributed by atoms with van der Waals surface area (Å²) < 4.78 is 6.95. The van der Waals surface area contributed by atoms with Gasteiger partial charge in [0.15, 0.2) is 5.65 Å². The molecule has 2 aromatic carbocycles. The van der Waals surface area contributed by atoms with Gasteiger partial charge in [0.05, 0.1) is 24.3 Å². The van der Waals surface area contributed by atoms with Crippen LogP contribution in [0.4, 0.5) is 5.69 Å². The predicted octanol–water partition coefficient (Wildman–Crippen LogP) is 4.57. The molecular formula is C27H29ClN6O3S. The number of para-hydroxylation sites is 1. The number of amides is 1. The normalized spacial score (nSPS) is 10.6. The van der Waals surface area contributed by atoms with Crippen LogP contribution in [-0.4, -0.2) is 45.4 Å². The Labute approximate surface area is 231 Å². The SMILES string of the molecule is CCOC(=O)CCN(C(=O)c1cnc2c(c1)nc(CSc1ccc(C(=N)N)cc1)n2C)c1ccccc1.Cl. The highest BCUT2D eigenvalue weighted by Gasteiger charge is 2.21. The summed E-state index contributed by atoms with van der Waals surface area (Å²) in [5, 5.41) is 7.52. The molecule has 0 radical (unpaired) electrons. The Hall–Kier alpha value is -3.89. The van der Waals surface area contributed by atoms with E-state index in [1.165, 1.54) is 0 Å². The number of hydrogen-bond acceptors (Lipinski definition) is 7. The van der Waals surface area contributed by atoms with Crippen LogP contribution < -0.4 is 10.6 Å². The van der Waals surface area contributed by atoms with Gasteiger partial charge in [-0.3, -0.25) is 15.0 Å². The van der Waals surface area contributed by atoms with Crippen molar-refractivity contribution in [2.45, 2.75) is 24.0 Å². The van der Waals surface area contributed by atoms with Gasteiger partial charge in [-0.25, -0.2) is 9.97 Å². The van der Waals surface area contributed by atoms with Crippen LogP contribution in [0.1, 0.15) is 35.1 Å². The van der Waals surface area contributed by atoms with Crippen molar-refractivity contribution in [2.24, 2.45) is 12.8 Å². The molecule has 38 heavy (non-hydrogen) atoms. The number of carbonyl (C=O) groups excluding carboxylic acids is 2. The average Bonchev–Trinajstić information content (AvgIpc) is 3.23. The molecule has 11 heteroatoms. The first-order valence-corrected chi connectivity index (χ1v) is 12.8. The van der Waals surface area contributed by atoms with Crippen LogP contribution in [-0.2, 0) is 22.3 Å². The molecule has 2 aromatic heterocycles. The van der Waals surface area contributed by atoms with Crippen LogP contribution in [0.25, 0.3) is 11.2 Å². The van der Waals surface area contributed by atoms with Crippen LogP contribution >= 0.6 is 24.2 Å². The Morgan fingerprint density at radius 2 is 1.82 bits per heavy atom. The summed E-state index contributed by atoms with van der Waals surface area (Å²) >= 11 is 1.61. The first-order valence-electron chi connectivity index (χ1n) is 11.8. The minimum absolute atomic E-state index is 0. The first kappa shape index (κ1) is 28.7. The molecule has 3 N–H and O–H groups in total. The lowest BCUT2D eigenvalue weighted by molar-refractivity contribution is -0.142. The number of benzene rings is 2. The molecule has 0 spiro atoms. The number of nitrogens with two attached hydrogens (primary N) is 1. The maximum absolute atomic E-state index is 13.5. The minimum Gasteiger partial charge on any atom is -0.466 e. The van der Waals surface area contributed by atoms with Crippen molar-refractivity contribution < 1.29 is 14.3 Å². The smallest absolute Gasteiger partial charge is 0.307 e. The number of nitrogens with zero attached hydrogens (tertiary/aromatic N) is 4. The Kier molecular flexibility index (Phi) is 9.86. The fourth-order valence-corrected chi connectivity index (χ4v) is 4.68. The van der Waals surface area contributed by atoms with E-state index in [-0.39, 0.29) is 43.1 Å². The number of fused-ring (bicyclic) bond motifs is 1. The number of ether oxygens (including phenoxy) is 1. The summed E-state index contributed by atoms with van der Waals surface area (Å²) in [5.41, 5.74) is 8.58. The second kappa shape index (κ2) is 13.1. The highest BCUT2D eigenvalue weighted by Crippen LogP contribution is 2.25. The van der Waals surface area contributed by atoms with Gasteiger partial charge in [-0.2, -0.15) is 0 Å². The van der Waals surface area contributed by atoms with E-state index in [4.69, 9.17) is 20.9 Å². The first-order chi connectivity index (χ1) is 17.9. The van der Waals surface area contributed by atoms with Gasteiger partial charge in [0.1, 0.15) is 17.2 Å². The number of esters is 1. The highest BCUT2D eigenvalue weighted by molar-refractivity contribution is 7.98. The van der Waals surface area contributed by atoms with E-state index in [2.05, 4.69) is 4.98 Å². The molecule has 1 amide bonds. The van der Waals surface area contributed by atoms with Crippen molar-refractivity contribution in [1.29, 1.82) is 5.41 Å². The Balaban J connectivity index is 0.00000400. The van der Waals surface area contributed by atoms with Crippen molar-refractivity contribution in [3.63, 3.8) is 0 Å². The highest BCUT2D eigenvalue weighted by atomic mass is 35.5. The van der Waals surface area contributed by atoms with Crippen LogP contribution in [0.15, 0.2) is 71.8 Å². The fourth-order valence-electron chi connectivity index (χ4n) is 3.80. The summed E-state index contributed by atoms with van der Waals surface area (Å²) in [7, 11) is 1.90. The van der Waals surface area contributed by atoms with E-state index in [1.807, 2.05) is 66.2 Å². The predicted molar refractivity (Wildman–Crippen MR) is 152 cm³/mol. The Morgan fingerprint density at radius 1 is 1.11 bits per heavy atom. The lowest BCUT2D eigenvalue weighted by atomic mass is 10.2. The number of nitrogens with one attached hydrogen (secondary N) is 1. The number of anilines is 1. The third-order valence-electron chi connectivity index (χ3n) is 5.74. The second-order valence-corrected chi connectivity index (χ2v) is 9.28. The number of aryl methyl sites for hydroxylation is 1. The molecule has 0 saturated carbocycles. The molecule has 9 nitrogen and oxygen atoms in total. The van der Waals surface area contributed by atoms with Crippen molar-refractivity contribution in [1.82, 2.24) is 14.5 Å². The number of imidazole rings is 1. The van der Waals surface area contributed by atoms with Crippen LogP contribution in [0, 0.1) is 5.41 Å². The van der Waals surface area contributed by atoms with Gasteiger partial charge < -0.3 is 19.9 Å². The van der Waals surface area contributed by atoms with Crippen molar-refractivity contribution >= 4 is 58.7 Å². The molecule has 4 rings (SSSR count). The number of hydrogen-bond donors (Lipinski definition) is 2. The van der Waals surface area contributed by atoms with E-state index < -0.39 is 0 Å². The molecule has 0 aliphatic heterocycles. The van der Waals surface area contributed by atoms with E-state index in [0.29, 0.717) is 40.3 Å². The number of rotatable bonds is 10. The monoisotopic (exact) mass is 552 g/mol. The van der Waals surface area contributed by atoms with Crippen molar-refractivity contribution in [3.8, 4) is 0 Å². The number of aromatic nitrogens is 3. The van der Waals surface area contributed by atoms with Gasteiger partial charge in [0.2, 0.25) is 0 Å². The molecule has 0 saturated heterocycles. The molecule has 0 aliphatic carbocycles. The molecule has 0 bridgehead atoms. The third kappa shape index (κ3) is 6.70. The zero-order valence-corrected chi connectivity index (χ0v) is 22.7. The maximum Gasteiger partial charge on any atom is 0.307 e. The molecule has 0 unspecified atom stereocenters. The topological polar surface area (TPSA) is 127 Å². The molecular weight excluding hydrogens is 524 g/mol. The summed E-state index contributed by atoms with van der Waals surface area (Å²) in [6.07, 6.45) is 1.63. The summed E-state index contributed by atoms with van der Waals surface area (Å²) in [5.74, 6) is 0.834. The second-order valence-electron chi connectivity index (χ2n) is 8.23. The average molecular weight is 553 g/mol. The van der Waals surface area contributed by atoms with Crippen molar-refractivity contribution in [2.75, 3.05) is 18.1 Å². The lowest BCUT2D eigenvalue weighted by Gasteiger charge is -2.22. The molecule has 198 valence electrons. The standard InChI is InChI=1S/C27H28N6O3S.ClH/c1-3-36-24(34)13-14-33(20-7-5-4-6-8-20)27(35)19-15-22-26(30-16-19)32(2)23(31-22)17-37-21-11-9-18(10-12-21)25(28)29;/h4-12,15-16H,3,13-14,17H2,1-2H3,(H3,28,29);1H. The Morgan fingerprint density at radius 3 is 2.47 bits per heavy atom. The molecule has 0 aliphatic rings. The third-order valence-corrected chi connectivity index (χ3v) is 6.75. The zero-order valence-electron chi connectivity index (χ0n) is 21.1. The van der Waals surface area contributed by atoms with E-state index in [9.17, 15) is 9.59 Å². The number of carbonyl (C=O) groups is 2. The van der Waals surface area contributed by atoms with E-state index in [0.717, 1.165) is 10.7 Å². The van der Waals surface area contributed by atoms with Crippen LogP contribution in [0.3, 0.4) is 0 Å². The van der Waals surface area contributed by atoms with Gasteiger partial charge in [-0.15, -0.1) is 24.2 Å². The van der Waals surface area contributed by atoms with Gasteiger partial charge in [-0.05, 0) is 37.3 Å². The van der Waals surface area contributed by atoms with Crippen LogP contribution in [0.5, 0.6) is 0 Å². The summed E-state index contributed by atoms with van der Waals surface area (Å²) in [6.45, 7) is 2.23. The largest absolute Gasteiger partial charge is 0.466 e. The number of amidine groups is 1.